The van der Waals surface area contributed by atoms with Crippen molar-refractivity contribution in [2.24, 2.45) is 0 Å². The number of anilines is 2. The highest BCUT2D eigenvalue weighted by Gasteiger charge is 2.25. The second-order valence-corrected chi connectivity index (χ2v) is 8.58. The number of piperidine rings is 1. The third-order valence-electron chi connectivity index (χ3n) is 5.32. The van der Waals surface area contributed by atoms with Crippen LogP contribution in [0.25, 0.3) is 0 Å². The van der Waals surface area contributed by atoms with Crippen molar-refractivity contribution in [1.82, 2.24) is 30.1 Å². The fourth-order valence-electron chi connectivity index (χ4n) is 3.86. The molecule has 4 heterocycles. The number of carbonyl (C=O) groups excluding carboxylic acids is 2. The van der Waals surface area contributed by atoms with Crippen LogP contribution in [0.5, 0.6) is 0 Å². The van der Waals surface area contributed by atoms with Crippen LogP contribution >= 0.6 is 11.3 Å². The summed E-state index contributed by atoms with van der Waals surface area (Å²) >= 11 is 1.32. The predicted octanol–water partition coefficient (Wildman–Crippen LogP) is 1.26. The summed E-state index contributed by atoms with van der Waals surface area (Å²) in [4.78, 5) is 41.5. The van der Waals surface area contributed by atoms with Gasteiger partial charge in [0, 0.05) is 42.7 Å². The lowest BCUT2D eigenvalue weighted by Crippen LogP contribution is -2.50. The monoisotopic (exact) mass is 440 g/mol. The Bertz CT molecular complexity index is 1020. The van der Waals surface area contributed by atoms with E-state index in [1.807, 2.05) is 13.0 Å². The van der Waals surface area contributed by atoms with Gasteiger partial charge in [0.1, 0.15) is 17.3 Å². The van der Waals surface area contributed by atoms with E-state index in [0.717, 1.165) is 37.4 Å². The van der Waals surface area contributed by atoms with E-state index in [1.54, 1.807) is 5.38 Å². The van der Waals surface area contributed by atoms with Gasteiger partial charge in [-0.05, 0) is 26.3 Å². The van der Waals surface area contributed by atoms with Crippen molar-refractivity contribution < 1.29 is 9.59 Å². The molecule has 162 valence electrons. The molecule has 11 heteroatoms. The molecular weight excluding hydrogens is 416 g/mol. The molecule has 2 aliphatic heterocycles. The highest BCUT2D eigenvalue weighted by atomic mass is 32.1. The molecule has 0 spiro atoms. The van der Waals surface area contributed by atoms with E-state index in [9.17, 15) is 9.59 Å². The van der Waals surface area contributed by atoms with E-state index in [-0.39, 0.29) is 24.3 Å². The minimum atomic E-state index is -0.251. The third-order valence-corrected chi connectivity index (χ3v) is 6.08. The molecule has 2 N–H and O–H groups in total. The van der Waals surface area contributed by atoms with Crippen molar-refractivity contribution in [3.05, 3.63) is 28.7 Å². The molecule has 2 saturated heterocycles. The van der Waals surface area contributed by atoms with Crippen LogP contribution in [0.2, 0.25) is 0 Å². The van der Waals surface area contributed by atoms with Gasteiger partial charge in [0.25, 0.3) is 5.91 Å². The lowest BCUT2D eigenvalue weighted by atomic mass is 9.97. The molecule has 31 heavy (non-hydrogen) atoms. The Morgan fingerprint density at radius 2 is 2.26 bits per heavy atom. The molecule has 0 saturated carbocycles. The molecule has 0 unspecified atom stereocenters. The van der Waals surface area contributed by atoms with Crippen molar-refractivity contribution in [3.63, 3.8) is 0 Å². The zero-order valence-corrected chi connectivity index (χ0v) is 18.1. The van der Waals surface area contributed by atoms with Crippen LogP contribution in [-0.2, 0) is 4.79 Å². The van der Waals surface area contributed by atoms with Crippen molar-refractivity contribution in [1.29, 1.82) is 5.26 Å². The van der Waals surface area contributed by atoms with E-state index in [2.05, 4.69) is 36.6 Å². The molecule has 2 aromatic rings. The molecule has 2 fully saturated rings. The van der Waals surface area contributed by atoms with Gasteiger partial charge in [-0.15, -0.1) is 11.3 Å². The third kappa shape index (κ3) is 5.15. The second-order valence-electron chi connectivity index (χ2n) is 7.72. The van der Waals surface area contributed by atoms with Gasteiger partial charge in [0.05, 0.1) is 19.2 Å². The lowest BCUT2D eigenvalue weighted by Gasteiger charge is -2.30. The number of nitriles is 1. The molecule has 2 aliphatic rings. The Balaban J connectivity index is 1.46. The number of carbonyl (C=O) groups is 2. The number of aromatic nitrogens is 3. The fraction of sp³-hybridized carbons (Fsp3) is 0.500. The van der Waals surface area contributed by atoms with E-state index >= 15 is 0 Å². The van der Waals surface area contributed by atoms with Gasteiger partial charge in [-0.1, -0.05) is 0 Å². The molecule has 0 aliphatic carbocycles. The van der Waals surface area contributed by atoms with E-state index in [0.29, 0.717) is 36.3 Å². The highest BCUT2D eigenvalue weighted by Crippen LogP contribution is 2.27. The second kappa shape index (κ2) is 9.36. The molecule has 2 amide bonds. The first-order chi connectivity index (χ1) is 15.0. The Kier molecular flexibility index (Phi) is 6.39. The average molecular weight is 441 g/mol. The van der Waals surface area contributed by atoms with Gasteiger partial charge in [-0.25, -0.2) is 15.0 Å². The summed E-state index contributed by atoms with van der Waals surface area (Å²) in [5.41, 5.74) is 1.16. The summed E-state index contributed by atoms with van der Waals surface area (Å²) in [6.07, 6.45) is 2.00. The van der Waals surface area contributed by atoms with Crippen molar-refractivity contribution in [2.45, 2.75) is 25.7 Å². The Morgan fingerprint density at radius 1 is 1.39 bits per heavy atom. The van der Waals surface area contributed by atoms with Gasteiger partial charge in [0.15, 0.2) is 5.13 Å². The van der Waals surface area contributed by atoms with Crippen LogP contribution in [0, 0.1) is 18.3 Å². The average Bonchev–Trinajstić information content (AvgIpc) is 3.21. The number of rotatable bonds is 5. The van der Waals surface area contributed by atoms with Gasteiger partial charge in [-0.2, -0.15) is 5.26 Å². The Labute approximate surface area is 184 Å². The minimum absolute atomic E-state index is 0.0534. The van der Waals surface area contributed by atoms with Crippen LogP contribution in [0.4, 0.5) is 10.9 Å². The van der Waals surface area contributed by atoms with Crippen molar-refractivity contribution in [3.8, 4) is 6.07 Å². The normalized spacial score (nSPS) is 19.5. The smallest absolute Gasteiger partial charge is 0.273 e. The number of nitrogens with one attached hydrogen (secondary N) is 2. The van der Waals surface area contributed by atoms with Gasteiger partial charge in [-0.3, -0.25) is 14.5 Å². The molecular formula is C20H24N8O2S. The summed E-state index contributed by atoms with van der Waals surface area (Å²) in [5.74, 6) is 1.16. The number of likely N-dealkylation sites (tertiary alicyclic amines) is 1. The highest BCUT2D eigenvalue weighted by molar-refractivity contribution is 7.14. The summed E-state index contributed by atoms with van der Waals surface area (Å²) < 4.78 is 0. The fourth-order valence-corrected chi connectivity index (χ4v) is 4.55. The van der Waals surface area contributed by atoms with Crippen LogP contribution in [0.15, 0.2) is 11.4 Å². The summed E-state index contributed by atoms with van der Waals surface area (Å²) in [6, 6.07) is 4.06. The van der Waals surface area contributed by atoms with Crippen LogP contribution in [0.3, 0.4) is 0 Å². The quantitative estimate of drug-likeness (QED) is 0.665. The van der Waals surface area contributed by atoms with Gasteiger partial charge < -0.3 is 15.5 Å². The number of hydrogen-bond acceptors (Lipinski definition) is 9. The zero-order chi connectivity index (χ0) is 21.8. The summed E-state index contributed by atoms with van der Waals surface area (Å²) in [5, 5.41) is 17.1. The van der Waals surface area contributed by atoms with E-state index < -0.39 is 0 Å². The molecule has 10 nitrogen and oxygen atoms in total. The lowest BCUT2D eigenvalue weighted by molar-refractivity contribution is -0.123. The number of hydrogen-bond donors (Lipinski definition) is 2. The molecule has 2 aromatic heterocycles. The van der Waals surface area contributed by atoms with Gasteiger partial charge in [0.2, 0.25) is 5.91 Å². The first-order valence-corrected chi connectivity index (χ1v) is 11.1. The maximum atomic E-state index is 12.6. The molecule has 0 radical (unpaired) electrons. The van der Waals surface area contributed by atoms with Crippen LogP contribution < -0.4 is 10.6 Å². The van der Waals surface area contributed by atoms with E-state index in [4.69, 9.17) is 5.26 Å². The Hall–Kier alpha value is -3.10. The number of aryl methyl sites for hydroxylation is 1. The van der Waals surface area contributed by atoms with Crippen LogP contribution in [0.1, 0.15) is 40.8 Å². The summed E-state index contributed by atoms with van der Waals surface area (Å²) in [6.45, 7) is 5.02. The predicted molar refractivity (Wildman–Crippen MR) is 115 cm³/mol. The first-order valence-electron chi connectivity index (χ1n) is 10.2. The standard InChI is InChI=1S/C20H24N8O2S/c1-13-9-16(25-18(23-13)14-3-2-6-27(10-14)7-4-21)26-20-24-15(12-31-20)19(30)28-8-5-22-17(29)11-28/h9,12,14H,2-3,5-8,10-11H2,1H3,(H,22,29)(H,23,24,25,26)/t14-/m1/s1. The number of amides is 2. The maximum Gasteiger partial charge on any atom is 0.273 e. The molecule has 0 bridgehead atoms. The number of thiazole rings is 1. The SMILES string of the molecule is Cc1cc(Nc2nc(C(=O)N3CCNC(=O)C3)cs2)nc([C@@H]2CCCN(CC#N)C2)n1. The first kappa shape index (κ1) is 21.1. The maximum absolute atomic E-state index is 12.6. The number of nitrogens with zero attached hydrogens (tertiary/aromatic N) is 6. The van der Waals surface area contributed by atoms with E-state index in [1.165, 1.54) is 16.2 Å². The molecule has 4 rings (SSSR count). The topological polar surface area (TPSA) is 127 Å². The zero-order valence-electron chi connectivity index (χ0n) is 17.3. The van der Waals surface area contributed by atoms with Crippen molar-refractivity contribution >= 4 is 34.1 Å². The molecule has 1 atom stereocenters. The molecule has 0 aromatic carbocycles. The number of piperazine rings is 1. The van der Waals surface area contributed by atoms with Crippen molar-refractivity contribution in [2.75, 3.05) is 44.6 Å². The van der Waals surface area contributed by atoms with Gasteiger partial charge >= 0.3 is 0 Å². The Morgan fingerprint density at radius 3 is 3.06 bits per heavy atom. The van der Waals surface area contributed by atoms with Crippen LogP contribution in [-0.4, -0.2) is 75.8 Å². The largest absolute Gasteiger partial charge is 0.353 e. The summed E-state index contributed by atoms with van der Waals surface area (Å²) in [7, 11) is 0. The minimum Gasteiger partial charge on any atom is -0.353 e.